The Balaban J connectivity index is 2.72. The second-order valence-corrected chi connectivity index (χ2v) is 4.00. The molecule has 0 saturated carbocycles. The Morgan fingerprint density at radius 1 is 1.35 bits per heavy atom. The van der Waals surface area contributed by atoms with Crippen LogP contribution < -0.4 is 4.74 Å². The van der Waals surface area contributed by atoms with Crippen molar-refractivity contribution in [2.75, 3.05) is 13.7 Å². The first kappa shape index (κ1) is 14.2. The fourth-order valence-corrected chi connectivity index (χ4v) is 1.93. The number of carbonyl (C=O) groups excluding carboxylic acids is 1. The number of rotatable bonds is 3. The summed E-state index contributed by atoms with van der Waals surface area (Å²) in [6.45, 7) is 1.52. The maximum atomic E-state index is 13.0. The molecule has 2 rings (SSSR count). The molecule has 1 heterocycles. The lowest BCUT2D eigenvalue weighted by molar-refractivity contribution is -0.141. The van der Waals surface area contributed by atoms with Crippen molar-refractivity contribution < 1.29 is 27.4 Å². The molecule has 7 heteroatoms. The van der Waals surface area contributed by atoms with Gasteiger partial charge in [-0.25, -0.2) is 4.79 Å². The van der Waals surface area contributed by atoms with Gasteiger partial charge in [-0.3, -0.25) is 0 Å². The minimum Gasteiger partial charge on any atom is -0.497 e. The Hall–Kier alpha value is -2.18. The van der Waals surface area contributed by atoms with E-state index in [9.17, 15) is 18.0 Å². The summed E-state index contributed by atoms with van der Waals surface area (Å²) < 4.78 is 48.7. The molecule has 0 fully saturated rings. The zero-order valence-corrected chi connectivity index (χ0v) is 10.8. The predicted octanol–water partition coefficient (Wildman–Crippen LogP) is 3.37. The number of esters is 1. The average Bonchev–Trinajstić information content (AvgIpc) is 2.77. The molecular weight excluding hydrogens is 275 g/mol. The smallest absolute Gasteiger partial charge is 0.432 e. The number of hydrogen-bond acceptors (Lipinski definition) is 3. The van der Waals surface area contributed by atoms with Gasteiger partial charge in [-0.05, 0) is 25.1 Å². The largest absolute Gasteiger partial charge is 0.497 e. The molecule has 0 aliphatic rings. The first-order valence-electron chi connectivity index (χ1n) is 5.82. The molecule has 0 aliphatic carbocycles. The zero-order valence-electron chi connectivity index (χ0n) is 10.8. The Labute approximate surface area is 112 Å². The van der Waals surface area contributed by atoms with Crippen LogP contribution in [0.15, 0.2) is 18.2 Å². The van der Waals surface area contributed by atoms with Gasteiger partial charge < -0.3 is 14.5 Å². The first-order chi connectivity index (χ1) is 9.38. The summed E-state index contributed by atoms with van der Waals surface area (Å²) in [5.74, 6) is -0.657. The van der Waals surface area contributed by atoms with Crippen LogP contribution in [-0.4, -0.2) is 24.7 Å². The van der Waals surface area contributed by atoms with Crippen molar-refractivity contribution in [2.45, 2.75) is 13.1 Å². The Morgan fingerprint density at radius 2 is 2.05 bits per heavy atom. The highest BCUT2D eigenvalue weighted by atomic mass is 19.4. The van der Waals surface area contributed by atoms with Crippen LogP contribution in [0.5, 0.6) is 5.75 Å². The number of methoxy groups -OCH3 is 1. The molecule has 4 nitrogen and oxygen atoms in total. The van der Waals surface area contributed by atoms with Gasteiger partial charge in [0, 0.05) is 10.9 Å². The molecule has 1 aromatic heterocycles. The second kappa shape index (κ2) is 5.07. The third-order valence-electron chi connectivity index (χ3n) is 2.77. The van der Waals surface area contributed by atoms with Gasteiger partial charge in [0.2, 0.25) is 0 Å². The Morgan fingerprint density at radius 3 is 2.60 bits per heavy atom. The zero-order chi connectivity index (χ0) is 14.9. The fraction of sp³-hybridized carbons (Fsp3) is 0.308. The van der Waals surface area contributed by atoms with Crippen molar-refractivity contribution in [3.63, 3.8) is 0 Å². The monoisotopic (exact) mass is 287 g/mol. The number of fused-ring (bicyclic) bond motifs is 1. The number of nitrogens with one attached hydrogen (secondary N) is 1. The quantitative estimate of drug-likeness (QED) is 0.880. The van der Waals surface area contributed by atoms with Crippen LogP contribution in [0.3, 0.4) is 0 Å². The van der Waals surface area contributed by atoms with Gasteiger partial charge in [-0.15, -0.1) is 0 Å². The summed E-state index contributed by atoms with van der Waals surface area (Å²) in [6, 6.07) is 4.30. The number of carbonyl (C=O) groups is 1. The lowest BCUT2D eigenvalue weighted by Gasteiger charge is -2.07. The number of aromatic amines is 1. The topological polar surface area (TPSA) is 51.3 Å². The van der Waals surface area contributed by atoms with Crippen LogP contribution >= 0.6 is 0 Å². The average molecular weight is 287 g/mol. The molecule has 0 unspecified atom stereocenters. The predicted molar refractivity (Wildman–Crippen MR) is 65.8 cm³/mol. The normalized spacial score (nSPS) is 11.7. The van der Waals surface area contributed by atoms with Gasteiger partial charge in [0.25, 0.3) is 0 Å². The summed E-state index contributed by atoms with van der Waals surface area (Å²) in [6.07, 6.45) is -4.67. The van der Waals surface area contributed by atoms with Crippen molar-refractivity contribution in [3.8, 4) is 5.75 Å². The van der Waals surface area contributed by atoms with E-state index in [2.05, 4.69) is 4.98 Å². The van der Waals surface area contributed by atoms with Gasteiger partial charge >= 0.3 is 12.1 Å². The highest BCUT2D eigenvalue weighted by Gasteiger charge is 2.39. The minimum atomic E-state index is -4.67. The van der Waals surface area contributed by atoms with E-state index in [0.29, 0.717) is 5.75 Å². The van der Waals surface area contributed by atoms with Gasteiger partial charge in [0.05, 0.1) is 19.3 Å². The Bertz CT molecular complexity index is 646. The van der Waals surface area contributed by atoms with Gasteiger partial charge in [-0.1, -0.05) is 0 Å². The van der Waals surface area contributed by atoms with Crippen molar-refractivity contribution in [3.05, 3.63) is 29.5 Å². The minimum absolute atomic E-state index is 0.00717. The van der Waals surface area contributed by atoms with Gasteiger partial charge in [0.15, 0.2) is 0 Å². The number of halogens is 3. The lowest BCUT2D eigenvalue weighted by Crippen LogP contribution is -2.14. The van der Waals surface area contributed by atoms with Crippen LogP contribution in [0.1, 0.15) is 23.0 Å². The SMILES string of the molecule is CCOC(=O)c1c(C(F)(F)F)[nH]c2ccc(OC)cc12. The Kier molecular flexibility index (Phi) is 3.61. The van der Waals surface area contributed by atoms with E-state index in [-0.39, 0.29) is 17.5 Å². The lowest BCUT2D eigenvalue weighted by atomic mass is 10.1. The summed E-state index contributed by atoms with van der Waals surface area (Å²) in [4.78, 5) is 14.0. The molecule has 20 heavy (non-hydrogen) atoms. The highest BCUT2D eigenvalue weighted by molar-refractivity contribution is 6.06. The molecule has 0 amide bonds. The van der Waals surface area contributed by atoms with Crippen molar-refractivity contribution in [2.24, 2.45) is 0 Å². The molecule has 2 aromatic rings. The molecule has 0 spiro atoms. The number of benzene rings is 1. The van der Waals surface area contributed by atoms with Gasteiger partial charge in [0.1, 0.15) is 11.4 Å². The molecule has 0 aliphatic heterocycles. The van der Waals surface area contributed by atoms with E-state index >= 15 is 0 Å². The molecular formula is C13H12F3NO3. The standard InChI is InChI=1S/C13H12F3NO3/c1-3-20-12(18)10-8-6-7(19-2)4-5-9(8)17-11(10)13(14,15)16/h4-6,17H,3H2,1-2H3. The van der Waals surface area contributed by atoms with E-state index < -0.39 is 23.4 Å². The number of alkyl halides is 3. The molecule has 0 radical (unpaired) electrons. The van der Waals surface area contributed by atoms with E-state index in [1.807, 2.05) is 0 Å². The van der Waals surface area contributed by atoms with E-state index in [0.717, 1.165) is 0 Å². The fourth-order valence-electron chi connectivity index (χ4n) is 1.93. The second-order valence-electron chi connectivity index (χ2n) is 4.00. The number of ether oxygens (including phenoxy) is 2. The van der Waals surface area contributed by atoms with E-state index in [1.165, 1.54) is 32.2 Å². The number of H-pyrrole nitrogens is 1. The molecule has 108 valence electrons. The molecule has 1 N–H and O–H groups in total. The van der Waals surface area contributed by atoms with Crippen molar-refractivity contribution in [1.82, 2.24) is 4.98 Å². The van der Waals surface area contributed by atoms with E-state index in [1.54, 1.807) is 0 Å². The molecule has 0 saturated heterocycles. The van der Waals surface area contributed by atoms with Crippen molar-refractivity contribution >= 4 is 16.9 Å². The maximum absolute atomic E-state index is 13.0. The van der Waals surface area contributed by atoms with Crippen LogP contribution in [0.2, 0.25) is 0 Å². The highest BCUT2D eigenvalue weighted by Crippen LogP contribution is 2.37. The summed E-state index contributed by atoms with van der Waals surface area (Å²) in [7, 11) is 1.39. The number of aromatic nitrogens is 1. The van der Waals surface area contributed by atoms with Crippen LogP contribution in [0, 0.1) is 0 Å². The van der Waals surface area contributed by atoms with Crippen molar-refractivity contribution in [1.29, 1.82) is 0 Å². The molecule has 1 aromatic carbocycles. The van der Waals surface area contributed by atoms with Gasteiger partial charge in [-0.2, -0.15) is 13.2 Å². The maximum Gasteiger partial charge on any atom is 0.432 e. The molecule has 0 bridgehead atoms. The summed E-state index contributed by atoms with van der Waals surface area (Å²) in [5, 5.41) is 0.120. The first-order valence-corrected chi connectivity index (χ1v) is 5.82. The molecule has 0 atom stereocenters. The van der Waals surface area contributed by atoms with Crippen LogP contribution in [0.4, 0.5) is 13.2 Å². The van der Waals surface area contributed by atoms with Crippen LogP contribution in [0.25, 0.3) is 10.9 Å². The van der Waals surface area contributed by atoms with Crippen LogP contribution in [-0.2, 0) is 10.9 Å². The third-order valence-corrected chi connectivity index (χ3v) is 2.77. The number of hydrogen-bond donors (Lipinski definition) is 1. The summed E-state index contributed by atoms with van der Waals surface area (Å²) in [5.41, 5.74) is -1.44. The van der Waals surface area contributed by atoms with E-state index in [4.69, 9.17) is 9.47 Å². The summed E-state index contributed by atoms with van der Waals surface area (Å²) >= 11 is 0. The third kappa shape index (κ3) is 2.43.